The van der Waals surface area contributed by atoms with Crippen LogP contribution >= 0.6 is 35.0 Å². The van der Waals surface area contributed by atoms with Crippen molar-refractivity contribution in [2.24, 2.45) is 4.99 Å². The minimum atomic E-state index is 0.105. The van der Waals surface area contributed by atoms with Crippen molar-refractivity contribution in [2.75, 3.05) is 12.8 Å². The molecule has 15 heavy (non-hydrogen) atoms. The van der Waals surface area contributed by atoms with E-state index in [0.717, 1.165) is 10.7 Å². The molecule has 1 heterocycles. The smallest absolute Gasteiger partial charge is 0.156 e. The minimum Gasteiger partial charge on any atom is -0.356 e. The molecule has 1 N–H and O–H groups in total. The average Bonchev–Trinajstić information content (AvgIpc) is 2.66. The van der Waals surface area contributed by atoms with Gasteiger partial charge in [0.2, 0.25) is 0 Å². The van der Waals surface area contributed by atoms with Crippen molar-refractivity contribution in [2.45, 2.75) is 6.04 Å². The van der Waals surface area contributed by atoms with Crippen LogP contribution in [0, 0.1) is 0 Å². The Morgan fingerprint density at radius 1 is 1.40 bits per heavy atom. The summed E-state index contributed by atoms with van der Waals surface area (Å²) in [5.74, 6) is 0. The van der Waals surface area contributed by atoms with E-state index in [9.17, 15) is 0 Å². The van der Waals surface area contributed by atoms with Crippen LogP contribution in [0.2, 0.25) is 10.0 Å². The fraction of sp³-hybridized carbons (Fsp3) is 0.300. The van der Waals surface area contributed by atoms with Crippen LogP contribution in [0.3, 0.4) is 0 Å². The van der Waals surface area contributed by atoms with Gasteiger partial charge in [-0.1, -0.05) is 41.0 Å². The molecule has 80 valence electrons. The third-order valence-corrected chi connectivity index (χ3v) is 3.55. The molecular formula is C10H10Cl2N2S. The number of benzene rings is 1. The van der Waals surface area contributed by atoms with Gasteiger partial charge in [-0.05, 0) is 18.4 Å². The molecule has 0 spiro atoms. The number of hydrogen-bond acceptors (Lipinski definition) is 3. The van der Waals surface area contributed by atoms with E-state index in [1.165, 1.54) is 0 Å². The molecule has 1 aliphatic rings. The molecule has 1 aromatic rings. The molecule has 0 aliphatic carbocycles. The monoisotopic (exact) mass is 260 g/mol. The number of halogens is 2. The summed E-state index contributed by atoms with van der Waals surface area (Å²) in [6, 6.07) is 5.65. The molecule has 2 nitrogen and oxygen atoms in total. The highest BCUT2D eigenvalue weighted by molar-refractivity contribution is 8.13. The normalized spacial score (nSPS) is 19.9. The molecule has 1 atom stereocenters. The number of amidine groups is 1. The predicted molar refractivity (Wildman–Crippen MR) is 68.2 cm³/mol. The van der Waals surface area contributed by atoms with Crippen molar-refractivity contribution in [3.05, 3.63) is 33.8 Å². The van der Waals surface area contributed by atoms with E-state index in [1.807, 2.05) is 24.5 Å². The lowest BCUT2D eigenvalue weighted by Gasteiger charge is -2.14. The number of nitrogens with zero attached hydrogens (tertiary/aromatic N) is 1. The lowest BCUT2D eigenvalue weighted by atomic mass is 10.1. The van der Waals surface area contributed by atoms with Crippen LogP contribution in [0.25, 0.3) is 0 Å². The zero-order chi connectivity index (χ0) is 10.8. The molecule has 0 aromatic heterocycles. The van der Waals surface area contributed by atoms with Crippen LogP contribution in [-0.4, -0.2) is 18.0 Å². The van der Waals surface area contributed by atoms with Crippen LogP contribution in [0.1, 0.15) is 11.6 Å². The summed E-state index contributed by atoms with van der Waals surface area (Å²) in [4.78, 5) is 4.35. The third-order valence-electron chi connectivity index (χ3n) is 2.26. The second-order valence-corrected chi connectivity index (χ2v) is 4.79. The van der Waals surface area contributed by atoms with Crippen molar-refractivity contribution in [1.82, 2.24) is 5.32 Å². The van der Waals surface area contributed by atoms with Crippen LogP contribution < -0.4 is 5.32 Å². The zero-order valence-electron chi connectivity index (χ0n) is 8.13. The van der Waals surface area contributed by atoms with Gasteiger partial charge in [0.25, 0.3) is 0 Å². The maximum atomic E-state index is 6.12. The highest BCUT2D eigenvalue weighted by atomic mass is 35.5. The van der Waals surface area contributed by atoms with Gasteiger partial charge in [0.05, 0.1) is 12.6 Å². The fourth-order valence-electron chi connectivity index (χ4n) is 1.55. The molecule has 1 unspecified atom stereocenters. The summed E-state index contributed by atoms with van der Waals surface area (Å²) in [5, 5.41) is 5.61. The van der Waals surface area contributed by atoms with Gasteiger partial charge in [-0.2, -0.15) is 0 Å². The Morgan fingerprint density at radius 3 is 2.60 bits per heavy atom. The molecule has 0 fully saturated rings. The molecule has 0 radical (unpaired) electrons. The number of hydrogen-bond donors (Lipinski definition) is 1. The van der Waals surface area contributed by atoms with Gasteiger partial charge >= 0.3 is 0 Å². The van der Waals surface area contributed by atoms with Gasteiger partial charge < -0.3 is 5.32 Å². The highest BCUT2D eigenvalue weighted by Crippen LogP contribution is 2.32. The zero-order valence-corrected chi connectivity index (χ0v) is 10.5. The first-order valence-electron chi connectivity index (χ1n) is 4.51. The Balaban J connectivity index is 2.25. The Bertz CT molecular complexity index is 386. The minimum absolute atomic E-state index is 0.105. The van der Waals surface area contributed by atoms with Crippen molar-refractivity contribution in [3.63, 3.8) is 0 Å². The van der Waals surface area contributed by atoms with E-state index in [1.54, 1.807) is 11.8 Å². The number of rotatable bonds is 1. The van der Waals surface area contributed by atoms with Gasteiger partial charge in [-0.15, -0.1) is 0 Å². The topological polar surface area (TPSA) is 24.4 Å². The maximum absolute atomic E-state index is 6.12. The summed E-state index contributed by atoms with van der Waals surface area (Å²) in [5.41, 5.74) is 0.939. The van der Waals surface area contributed by atoms with Gasteiger partial charge in [0, 0.05) is 15.6 Å². The van der Waals surface area contributed by atoms with E-state index < -0.39 is 0 Å². The predicted octanol–water partition coefficient (Wildman–Crippen LogP) is 3.36. The molecule has 5 heteroatoms. The van der Waals surface area contributed by atoms with Gasteiger partial charge in [-0.25, -0.2) is 0 Å². The van der Waals surface area contributed by atoms with Gasteiger partial charge in [0.1, 0.15) is 0 Å². The first-order chi connectivity index (χ1) is 7.22. The lowest BCUT2D eigenvalue weighted by Crippen LogP contribution is -2.21. The van der Waals surface area contributed by atoms with E-state index in [0.29, 0.717) is 16.6 Å². The molecule has 1 aromatic carbocycles. The van der Waals surface area contributed by atoms with Crippen molar-refractivity contribution < 1.29 is 0 Å². The van der Waals surface area contributed by atoms with Crippen LogP contribution in [-0.2, 0) is 0 Å². The van der Waals surface area contributed by atoms with Crippen LogP contribution in [0.5, 0.6) is 0 Å². The molecule has 0 saturated carbocycles. The molecule has 0 amide bonds. The summed E-state index contributed by atoms with van der Waals surface area (Å²) >= 11 is 13.8. The summed E-state index contributed by atoms with van der Waals surface area (Å²) < 4.78 is 0. The summed E-state index contributed by atoms with van der Waals surface area (Å²) in [7, 11) is 0. The van der Waals surface area contributed by atoms with Gasteiger partial charge in [-0.3, -0.25) is 4.99 Å². The average molecular weight is 261 g/mol. The number of nitrogens with one attached hydrogen (secondary N) is 1. The van der Waals surface area contributed by atoms with Crippen molar-refractivity contribution >= 4 is 40.1 Å². The highest BCUT2D eigenvalue weighted by Gasteiger charge is 2.22. The van der Waals surface area contributed by atoms with E-state index in [4.69, 9.17) is 23.2 Å². The summed E-state index contributed by atoms with van der Waals surface area (Å²) in [6.45, 7) is 0.694. The second kappa shape index (κ2) is 4.64. The van der Waals surface area contributed by atoms with Crippen molar-refractivity contribution in [1.29, 1.82) is 0 Å². The van der Waals surface area contributed by atoms with E-state index in [-0.39, 0.29) is 6.04 Å². The molecule has 0 bridgehead atoms. The Hall–Kier alpha value is -0.380. The van der Waals surface area contributed by atoms with E-state index >= 15 is 0 Å². The second-order valence-electron chi connectivity index (χ2n) is 3.18. The molecular weight excluding hydrogens is 251 g/mol. The third kappa shape index (κ3) is 2.25. The fourth-order valence-corrected chi connectivity index (χ4v) is 2.67. The number of aliphatic imine (C=N–C) groups is 1. The summed E-state index contributed by atoms with van der Waals surface area (Å²) in [6.07, 6.45) is 1.99. The molecule has 1 aliphatic heterocycles. The SMILES string of the molecule is CSC1=NCC(c2c(Cl)cccc2Cl)N1. The quantitative estimate of drug-likeness (QED) is 0.838. The van der Waals surface area contributed by atoms with Gasteiger partial charge in [0.15, 0.2) is 5.17 Å². The van der Waals surface area contributed by atoms with Crippen LogP contribution in [0.4, 0.5) is 0 Å². The van der Waals surface area contributed by atoms with Crippen LogP contribution in [0.15, 0.2) is 23.2 Å². The molecule has 0 saturated heterocycles. The number of thioether (sulfide) groups is 1. The maximum Gasteiger partial charge on any atom is 0.156 e. The lowest BCUT2D eigenvalue weighted by molar-refractivity contribution is 0.712. The van der Waals surface area contributed by atoms with Crippen molar-refractivity contribution in [3.8, 4) is 0 Å². The Labute approximate surface area is 103 Å². The first kappa shape index (κ1) is 11.1. The van der Waals surface area contributed by atoms with E-state index in [2.05, 4.69) is 10.3 Å². The first-order valence-corrected chi connectivity index (χ1v) is 6.49. The largest absolute Gasteiger partial charge is 0.356 e. The standard InChI is InChI=1S/C10H10Cl2N2S/c1-15-10-13-5-8(14-10)9-6(11)3-2-4-7(9)12/h2-4,8H,5H2,1H3,(H,13,14). The Kier molecular flexibility index (Phi) is 3.44. The molecule has 2 rings (SSSR count). The Morgan fingerprint density at radius 2 is 2.07 bits per heavy atom.